The van der Waals surface area contributed by atoms with Crippen LogP contribution in [0.15, 0.2) is 60.0 Å². The van der Waals surface area contributed by atoms with Crippen LogP contribution < -0.4 is 4.72 Å². The minimum atomic E-state index is -3.49. The number of nitrogens with one attached hydrogen (secondary N) is 1. The van der Waals surface area contributed by atoms with Gasteiger partial charge in [0.05, 0.1) is 0 Å². The molecular weight excluding hydrogens is 332 g/mol. The van der Waals surface area contributed by atoms with Crippen LogP contribution in [0.1, 0.15) is 29.7 Å². The number of rotatable bonds is 8. The Labute approximate surface area is 151 Å². The van der Waals surface area contributed by atoms with Crippen molar-refractivity contribution in [3.8, 4) is 0 Å². The smallest absolute Gasteiger partial charge is 0.233 e. The lowest BCUT2D eigenvalue weighted by atomic mass is 10.0. The summed E-state index contributed by atoms with van der Waals surface area (Å²) in [6.07, 6.45) is 2.59. The molecule has 0 amide bonds. The minimum absolute atomic E-state index is 0.0224. The molecule has 0 saturated heterocycles. The first kappa shape index (κ1) is 19.4. The van der Waals surface area contributed by atoms with E-state index >= 15 is 0 Å². The van der Waals surface area contributed by atoms with Crippen LogP contribution in [0.2, 0.25) is 0 Å². The van der Waals surface area contributed by atoms with E-state index in [4.69, 9.17) is 0 Å². The van der Waals surface area contributed by atoms with E-state index in [2.05, 4.69) is 35.9 Å². The zero-order chi connectivity index (χ0) is 18.3. The van der Waals surface area contributed by atoms with Gasteiger partial charge in [0, 0.05) is 18.0 Å². The molecule has 2 aromatic rings. The first-order valence-electron chi connectivity index (χ1n) is 8.39. The van der Waals surface area contributed by atoms with Crippen molar-refractivity contribution in [2.45, 2.75) is 19.4 Å². The zero-order valence-corrected chi connectivity index (χ0v) is 15.8. The number of likely N-dealkylation sites (N-methyl/N-ethyl adjacent to an activating group) is 1. The Morgan fingerprint density at radius 1 is 1.04 bits per heavy atom. The molecule has 2 rings (SSSR count). The third-order valence-corrected chi connectivity index (χ3v) is 5.18. The number of aryl methyl sites for hydroxylation is 1. The highest BCUT2D eigenvalue weighted by Crippen LogP contribution is 2.18. The number of benzene rings is 2. The van der Waals surface area contributed by atoms with Gasteiger partial charge in [-0.15, -0.1) is 0 Å². The Kier molecular flexibility index (Phi) is 6.93. The lowest BCUT2D eigenvalue weighted by molar-refractivity contribution is 0.299. The highest BCUT2D eigenvalue weighted by atomic mass is 32.2. The molecule has 0 radical (unpaired) electrons. The van der Waals surface area contributed by atoms with Gasteiger partial charge in [0.2, 0.25) is 10.0 Å². The highest BCUT2D eigenvalue weighted by molar-refractivity contribution is 7.92. The van der Waals surface area contributed by atoms with E-state index in [1.54, 1.807) is 6.08 Å². The number of sulfonamides is 1. The van der Waals surface area contributed by atoms with Crippen molar-refractivity contribution in [3.63, 3.8) is 0 Å². The predicted octanol–water partition coefficient (Wildman–Crippen LogP) is 3.44. The molecule has 2 aromatic carbocycles. The highest BCUT2D eigenvalue weighted by Gasteiger charge is 2.16. The Morgan fingerprint density at radius 3 is 2.24 bits per heavy atom. The van der Waals surface area contributed by atoms with Crippen molar-refractivity contribution in [1.82, 2.24) is 9.62 Å². The third kappa shape index (κ3) is 6.12. The van der Waals surface area contributed by atoms with Gasteiger partial charge in [0.1, 0.15) is 0 Å². The molecule has 134 valence electrons. The van der Waals surface area contributed by atoms with Gasteiger partial charge < -0.3 is 4.90 Å². The fraction of sp³-hybridized carbons (Fsp3) is 0.300. The molecule has 0 heterocycles. The molecule has 5 heteroatoms. The Morgan fingerprint density at radius 2 is 1.68 bits per heavy atom. The van der Waals surface area contributed by atoms with Crippen LogP contribution in [-0.4, -0.2) is 34.0 Å². The van der Waals surface area contributed by atoms with Crippen LogP contribution in [0.3, 0.4) is 0 Å². The van der Waals surface area contributed by atoms with Crippen LogP contribution in [0, 0.1) is 0 Å². The van der Waals surface area contributed by atoms with Crippen molar-refractivity contribution in [2.24, 2.45) is 0 Å². The Hall–Kier alpha value is -1.95. The van der Waals surface area contributed by atoms with E-state index in [1.165, 1.54) is 11.0 Å². The van der Waals surface area contributed by atoms with E-state index in [9.17, 15) is 8.42 Å². The van der Waals surface area contributed by atoms with Crippen molar-refractivity contribution < 1.29 is 8.42 Å². The van der Waals surface area contributed by atoms with Gasteiger partial charge in [-0.2, -0.15) is 0 Å². The second kappa shape index (κ2) is 8.94. The summed E-state index contributed by atoms with van der Waals surface area (Å²) in [5.74, 6) is 0. The van der Waals surface area contributed by atoms with Crippen molar-refractivity contribution in [2.75, 3.05) is 20.6 Å². The molecule has 0 aromatic heterocycles. The quantitative estimate of drug-likeness (QED) is 0.786. The normalized spacial score (nSPS) is 13.4. The first-order chi connectivity index (χ1) is 11.9. The first-order valence-corrected chi connectivity index (χ1v) is 9.94. The number of hydrogen-bond acceptors (Lipinski definition) is 3. The molecule has 1 unspecified atom stereocenters. The van der Waals surface area contributed by atoms with Gasteiger partial charge in [0.25, 0.3) is 0 Å². The lowest BCUT2D eigenvalue weighted by Gasteiger charge is -2.25. The number of nitrogens with zero attached hydrogens (tertiary/aromatic N) is 1. The summed E-state index contributed by atoms with van der Waals surface area (Å²) < 4.78 is 27.2. The summed E-state index contributed by atoms with van der Waals surface area (Å²) in [5, 5.41) is 1.22. The average molecular weight is 359 g/mol. The molecule has 1 atom stereocenters. The second-order valence-electron chi connectivity index (χ2n) is 6.18. The van der Waals surface area contributed by atoms with E-state index in [-0.39, 0.29) is 6.04 Å². The molecule has 0 aliphatic carbocycles. The summed E-state index contributed by atoms with van der Waals surface area (Å²) >= 11 is 0. The summed E-state index contributed by atoms with van der Waals surface area (Å²) in [4.78, 5) is 2.02. The lowest BCUT2D eigenvalue weighted by Crippen LogP contribution is -2.33. The standard InChI is InChI=1S/C20H26N2O2S/c1-4-17-10-12-19(13-11-17)20(22(2)3)16-21-25(23,24)15-14-18-8-6-5-7-9-18/h5-15,20-21H,4,16H2,1-3H3/b15-14+. The van der Waals surface area contributed by atoms with Gasteiger partial charge in [0.15, 0.2) is 0 Å². The van der Waals surface area contributed by atoms with Gasteiger partial charge in [-0.05, 0) is 43.3 Å². The molecule has 1 N–H and O–H groups in total. The summed E-state index contributed by atoms with van der Waals surface area (Å²) in [6.45, 7) is 2.44. The fourth-order valence-corrected chi connectivity index (χ4v) is 3.37. The third-order valence-electron chi connectivity index (χ3n) is 4.11. The largest absolute Gasteiger partial charge is 0.301 e. The summed E-state index contributed by atoms with van der Waals surface area (Å²) in [6, 6.07) is 17.7. The second-order valence-corrected chi connectivity index (χ2v) is 7.83. The van der Waals surface area contributed by atoms with Crippen LogP contribution in [-0.2, 0) is 16.4 Å². The monoisotopic (exact) mass is 358 g/mol. The number of hydrogen-bond donors (Lipinski definition) is 1. The topological polar surface area (TPSA) is 49.4 Å². The summed E-state index contributed by atoms with van der Waals surface area (Å²) in [5.41, 5.74) is 3.22. The molecule has 0 bridgehead atoms. The molecule has 4 nitrogen and oxygen atoms in total. The molecule has 0 saturated carbocycles. The van der Waals surface area contributed by atoms with Crippen LogP contribution >= 0.6 is 0 Å². The fourth-order valence-electron chi connectivity index (χ4n) is 2.55. The van der Waals surface area contributed by atoms with Crippen LogP contribution in [0.4, 0.5) is 0 Å². The maximum Gasteiger partial charge on any atom is 0.233 e. The van der Waals surface area contributed by atoms with E-state index < -0.39 is 10.0 Å². The Bertz CT molecular complexity index is 782. The van der Waals surface area contributed by atoms with E-state index in [0.29, 0.717) is 6.54 Å². The van der Waals surface area contributed by atoms with Gasteiger partial charge in [-0.1, -0.05) is 61.5 Å². The van der Waals surface area contributed by atoms with Crippen LogP contribution in [0.5, 0.6) is 0 Å². The molecule has 0 fully saturated rings. The average Bonchev–Trinajstić information content (AvgIpc) is 2.61. The maximum absolute atomic E-state index is 12.2. The molecule has 0 aliphatic heterocycles. The minimum Gasteiger partial charge on any atom is -0.301 e. The van der Waals surface area contributed by atoms with Gasteiger partial charge >= 0.3 is 0 Å². The molecule has 0 aliphatic rings. The predicted molar refractivity (Wildman–Crippen MR) is 105 cm³/mol. The molecule has 25 heavy (non-hydrogen) atoms. The van der Waals surface area contributed by atoms with Crippen LogP contribution in [0.25, 0.3) is 6.08 Å². The Balaban J connectivity index is 2.05. The van der Waals surface area contributed by atoms with Crippen molar-refractivity contribution >= 4 is 16.1 Å². The zero-order valence-electron chi connectivity index (χ0n) is 15.0. The van der Waals surface area contributed by atoms with Gasteiger partial charge in [-0.3, -0.25) is 0 Å². The van der Waals surface area contributed by atoms with E-state index in [1.807, 2.05) is 49.3 Å². The SMILES string of the molecule is CCc1ccc(C(CNS(=O)(=O)/C=C/c2ccccc2)N(C)C)cc1. The maximum atomic E-state index is 12.2. The van der Waals surface area contributed by atoms with Gasteiger partial charge in [-0.25, -0.2) is 13.1 Å². The van der Waals surface area contributed by atoms with Crippen molar-refractivity contribution in [1.29, 1.82) is 0 Å². The molecule has 0 spiro atoms. The van der Waals surface area contributed by atoms with Crippen molar-refractivity contribution in [3.05, 3.63) is 76.7 Å². The summed E-state index contributed by atoms with van der Waals surface area (Å²) in [7, 11) is 0.415. The molecular formula is C20H26N2O2S. The van der Waals surface area contributed by atoms with E-state index in [0.717, 1.165) is 17.5 Å².